The van der Waals surface area contributed by atoms with Gasteiger partial charge in [0.05, 0.1) is 16.6 Å². The van der Waals surface area contributed by atoms with Gasteiger partial charge in [-0.1, -0.05) is 18.8 Å². The summed E-state index contributed by atoms with van der Waals surface area (Å²) in [5, 5.41) is 9.89. The fourth-order valence-electron chi connectivity index (χ4n) is 4.35. The Balaban J connectivity index is 2.00. The molecule has 1 aromatic rings. The molecule has 164 valence electrons. The van der Waals surface area contributed by atoms with Crippen molar-refractivity contribution < 1.29 is 14.7 Å². The second-order valence-corrected chi connectivity index (χ2v) is 11.1. The van der Waals surface area contributed by atoms with Crippen molar-refractivity contribution >= 4 is 28.9 Å². The molecule has 1 saturated heterocycles. The molecule has 30 heavy (non-hydrogen) atoms. The van der Waals surface area contributed by atoms with Crippen LogP contribution in [0.4, 0.5) is 5.69 Å². The number of carboxylic acids is 1. The van der Waals surface area contributed by atoms with Crippen molar-refractivity contribution in [3.63, 3.8) is 0 Å². The summed E-state index contributed by atoms with van der Waals surface area (Å²) in [6.07, 6.45) is 4.77. The standard InChI is InChI=1S/C24H34N2O3S/c1-16-6-8-17(9-7-16)22(27)26(18-11-13-25(5)15-18)20-14-19(10-12-24(2,3)4)30-21(20)23(28)29/h14,16-18H,6-9,11,13,15H2,1-5H3,(H,28,29)/t16?,17?,18-/m0/s1. The lowest BCUT2D eigenvalue weighted by Gasteiger charge is -2.34. The van der Waals surface area contributed by atoms with Crippen LogP contribution in [0.3, 0.4) is 0 Å². The molecular weight excluding hydrogens is 396 g/mol. The molecule has 1 aliphatic carbocycles. The highest BCUT2D eigenvalue weighted by Crippen LogP contribution is 2.37. The monoisotopic (exact) mass is 430 g/mol. The Bertz CT molecular complexity index is 850. The number of nitrogens with zero attached hydrogens (tertiary/aromatic N) is 2. The van der Waals surface area contributed by atoms with E-state index in [2.05, 4.69) is 30.7 Å². The molecule has 2 heterocycles. The van der Waals surface area contributed by atoms with Crippen molar-refractivity contribution in [3.05, 3.63) is 15.8 Å². The molecule has 1 N–H and O–H groups in total. The van der Waals surface area contributed by atoms with Gasteiger partial charge in [-0.05, 0) is 78.5 Å². The van der Waals surface area contributed by atoms with Crippen molar-refractivity contribution in [1.29, 1.82) is 0 Å². The summed E-state index contributed by atoms with van der Waals surface area (Å²) < 4.78 is 0. The second kappa shape index (κ2) is 9.11. The van der Waals surface area contributed by atoms with E-state index in [4.69, 9.17) is 0 Å². The molecule has 1 atom stereocenters. The number of amides is 1. The van der Waals surface area contributed by atoms with E-state index in [9.17, 15) is 14.7 Å². The normalized spacial score (nSPS) is 24.9. The van der Waals surface area contributed by atoms with Crippen LogP contribution < -0.4 is 4.90 Å². The van der Waals surface area contributed by atoms with E-state index < -0.39 is 5.97 Å². The van der Waals surface area contributed by atoms with E-state index >= 15 is 0 Å². The lowest BCUT2D eigenvalue weighted by molar-refractivity contribution is -0.124. The van der Waals surface area contributed by atoms with E-state index in [-0.39, 0.29) is 28.2 Å². The van der Waals surface area contributed by atoms with Crippen LogP contribution in [0.1, 0.15) is 74.3 Å². The second-order valence-electron chi connectivity index (χ2n) is 10.00. The first-order valence-corrected chi connectivity index (χ1v) is 11.8. The molecule has 2 aliphatic rings. The van der Waals surface area contributed by atoms with Gasteiger partial charge in [-0.25, -0.2) is 4.79 Å². The summed E-state index contributed by atoms with van der Waals surface area (Å²) in [5.74, 6) is 6.08. The maximum atomic E-state index is 13.7. The summed E-state index contributed by atoms with van der Waals surface area (Å²) in [6, 6.07) is 1.84. The number of carbonyl (C=O) groups excluding carboxylic acids is 1. The Morgan fingerprint density at radius 3 is 2.40 bits per heavy atom. The minimum absolute atomic E-state index is 0.0120. The van der Waals surface area contributed by atoms with Crippen molar-refractivity contribution in [2.24, 2.45) is 17.3 Å². The highest BCUT2D eigenvalue weighted by atomic mass is 32.1. The summed E-state index contributed by atoms with van der Waals surface area (Å²) in [6.45, 7) is 10.0. The number of thiophene rings is 1. The Kier molecular flexibility index (Phi) is 6.94. The highest BCUT2D eigenvalue weighted by molar-refractivity contribution is 7.15. The molecule has 1 amide bonds. The number of carboxylic acid groups (broad SMARTS) is 1. The van der Waals surface area contributed by atoms with E-state index in [1.807, 2.05) is 31.7 Å². The fourth-order valence-corrected chi connectivity index (χ4v) is 5.19. The molecule has 3 rings (SSSR count). The van der Waals surface area contributed by atoms with Crippen LogP contribution in [0, 0.1) is 29.1 Å². The quantitative estimate of drug-likeness (QED) is 0.703. The van der Waals surface area contributed by atoms with Crippen LogP contribution in [0.25, 0.3) is 0 Å². The Morgan fingerprint density at radius 1 is 1.20 bits per heavy atom. The lowest BCUT2D eigenvalue weighted by Crippen LogP contribution is -2.46. The number of aromatic carboxylic acids is 1. The Labute approximate surface area is 184 Å². The summed E-state index contributed by atoms with van der Waals surface area (Å²) in [4.78, 5) is 30.7. The average molecular weight is 431 g/mol. The molecule has 0 aromatic carbocycles. The molecule has 0 bridgehead atoms. The van der Waals surface area contributed by atoms with Gasteiger partial charge in [0.1, 0.15) is 4.88 Å². The molecule has 2 fully saturated rings. The first-order chi connectivity index (χ1) is 14.0. The van der Waals surface area contributed by atoms with Crippen molar-refractivity contribution in [2.75, 3.05) is 25.0 Å². The van der Waals surface area contributed by atoms with Crippen LogP contribution in [-0.4, -0.2) is 48.1 Å². The Morgan fingerprint density at radius 2 is 1.87 bits per heavy atom. The average Bonchev–Trinajstić information content (AvgIpc) is 3.27. The highest BCUT2D eigenvalue weighted by Gasteiger charge is 2.37. The van der Waals surface area contributed by atoms with Crippen molar-refractivity contribution in [2.45, 2.75) is 65.8 Å². The number of rotatable bonds is 4. The van der Waals surface area contributed by atoms with Gasteiger partial charge in [0.15, 0.2) is 0 Å². The molecule has 0 spiro atoms. The molecule has 1 aliphatic heterocycles. The maximum absolute atomic E-state index is 13.7. The zero-order valence-electron chi connectivity index (χ0n) is 18.8. The number of hydrogen-bond acceptors (Lipinski definition) is 4. The van der Waals surface area contributed by atoms with E-state index in [0.717, 1.165) is 45.2 Å². The third kappa shape index (κ3) is 5.44. The van der Waals surface area contributed by atoms with Crippen LogP contribution >= 0.6 is 11.3 Å². The molecule has 0 radical (unpaired) electrons. The predicted molar refractivity (Wildman–Crippen MR) is 122 cm³/mol. The van der Waals surface area contributed by atoms with Gasteiger partial charge in [0.25, 0.3) is 0 Å². The maximum Gasteiger partial charge on any atom is 0.348 e. The van der Waals surface area contributed by atoms with E-state index in [1.54, 1.807) is 0 Å². The van der Waals surface area contributed by atoms with Gasteiger partial charge >= 0.3 is 5.97 Å². The van der Waals surface area contributed by atoms with Crippen molar-refractivity contribution in [1.82, 2.24) is 4.90 Å². The number of hydrogen-bond donors (Lipinski definition) is 1. The molecule has 0 unspecified atom stereocenters. The predicted octanol–water partition coefficient (Wildman–Crippen LogP) is 4.71. The van der Waals surface area contributed by atoms with Gasteiger partial charge in [0.2, 0.25) is 5.91 Å². The molecule has 1 aromatic heterocycles. The summed E-state index contributed by atoms with van der Waals surface area (Å²) >= 11 is 1.18. The molecule has 5 nitrogen and oxygen atoms in total. The number of likely N-dealkylation sites (N-methyl/N-ethyl adjacent to an activating group) is 1. The van der Waals surface area contributed by atoms with Crippen LogP contribution in [0.15, 0.2) is 6.07 Å². The van der Waals surface area contributed by atoms with Gasteiger partial charge in [-0.3, -0.25) is 4.79 Å². The first kappa shape index (κ1) is 22.8. The summed E-state index contributed by atoms with van der Waals surface area (Å²) in [5.41, 5.74) is 0.366. The first-order valence-electron chi connectivity index (χ1n) is 11.0. The number of anilines is 1. The molecule has 6 heteroatoms. The summed E-state index contributed by atoms with van der Waals surface area (Å²) in [7, 11) is 2.05. The number of carbonyl (C=O) groups is 2. The number of likely N-dealkylation sites (tertiary alicyclic amines) is 1. The fraction of sp³-hybridized carbons (Fsp3) is 0.667. The molecular formula is C24H34N2O3S. The van der Waals surface area contributed by atoms with Crippen LogP contribution in [0.5, 0.6) is 0 Å². The third-order valence-corrected chi connectivity index (χ3v) is 7.09. The van der Waals surface area contributed by atoms with Crippen molar-refractivity contribution in [3.8, 4) is 11.8 Å². The minimum atomic E-state index is -0.986. The lowest BCUT2D eigenvalue weighted by atomic mass is 9.82. The van der Waals surface area contributed by atoms with E-state index in [0.29, 0.717) is 16.5 Å². The van der Waals surface area contributed by atoms with Gasteiger partial charge in [-0.2, -0.15) is 0 Å². The van der Waals surface area contributed by atoms with Gasteiger partial charge in [-0.15, -0.1) is 11.3 Å². The largest absolute Gasteiger partial charge is 0.477 e. The molecule has 1 saturated carbocycles. The SMILES string of the molecule is CC1CCC(C(=O)N(c2cc(C#CC(C)(C)C)sc2C(=O)O)[C@H]2CCN(C)C2)CC1. The van der Waals surface area contributed by atoms with E-state index in [1.165, 1.54) is 11.3 Å². The van der Waals surface area contributed by atoms with Gasteiger partial charge < -0.3 is 14.9 Å². The third-order valence-electron chi connectivity index (χ3n) is 6.06. The van der Waals surface area contributed by atoms with Crippen LogP contribution in [0.2, 0.25) is 0 Å². The topological polar surface area (TPSA) is 60.9 Å². The van der Waals surface area contributed by atoms with Gasteiger partial charge in [0, 0.05) is 17.9 Å². The van der Waals surface area contributed by atoms with Crippen LogP contribution in [-0.2, 0) is 4.79 Å². The zero-order valence-corrected chi connectivity index (χ0v) is 19.6. The Hall–Kier alpha value is -1.84. The smallest absolute Gasteiger partial charge is 0.348 e. The minimum Gasteiger partial charge on any atom is -0.477 e. The zero-order chi connectivity index (χ0) is 22.1.